The Labute approximate surface area is 106 Å². The van der Waals surface area contributed by atoms with Crippen LogP contribution in [0.3, 0.4) is 0 Å². The Balaban J connectivity index is 2.27. The molecule has 17 heavy (non-hydrogen) atoms. The molecule has 7 heteroatoms. The smallest absolute Gasteiger partial charge is 0.308 e. The Kier molecular flexibility index (Phi) is 5.27. The van der Waals surface area contributed by atoms with Crippen molar-refractivity contribution in [3.63, 3.8) is 0 Å². The summed E-state index contributed by atoms with van der Waals surface area (Å²) in [6.45, 7) is 0.123. The first-order valence-corrected chi connectivity index (χ1v) is 6.24. The number of ether oxygens (including phenoxy) is 1. The van der Waals surface area contributed by atoms with Crippen LogP contribution in [0.15, 0.2) is 0 Å². The van der Waals surface area contributed by atoms with Crippen LogP contribution in [-0.4, -0.2) is 41.4 Å². The van der Waals surface area contributed by atoms with Crippen molar-refractivity contribution in [1.82, 2.24) is 5.32 Å². The molecular formula is C10H12BrNO5. The number of esters is 1. The van der Waals surface area contributed by atoms with Crippen molar-refractivity contribution in [1.29, 1.82) is 0 Å². The Morgan fingerprint density at radius 3 is 2.41 bits per heavy atom. The van der Waals surface area contributed by atoms with Gasteiger partial charge in [-0.1, -0.05) is 15.9 Å². The van der Waals surface area contributed by atoms with Crippen molar-refractivity contribution in [2.75, 3.05) is 11.9 Å². The first-order valence-electron chi connectivity index (χ1n) is 5.12. The molecule has 1 rings (SSSR count). The minimum atomic E-state index is -1.23. The zero-order valence-corrected chi connectivity index (χ0v) is 10.6. The highest BCUT2D eigenvalue weighted by molar-refractivity contribution is 9.09. The van der Waals surface area contributed by atoms with Gasteiger partial charge in [0.2, 0.25) is 12.0 Å². The van der Waals surface area contributed by atoms with Crippen LogP contribution in [0.25, 0.3) is 0 Å². The number of halogens is 1. The molecule has 0 spiro atoms. The van der Waals surface area contributed by atoms with E-state index in [1.807, 2.05) is 0 Å². The number of rotatable bonds is 5. The molecule has 1 fully saturated rings. The Bertz CT molecular complexity index is 339. The van der Waals surface area contributed by atoms with E-state index in [2.05, 4.69) is 21.2 Å². The molecule has 0 unspecified atom stereocenters. The van der Waals surface area contributed by atoms with Gasteiger partial charge in [0.1, 0.15) is 0 Å². The first-order chi connectivity index (χ1) is 8.04. The van der Waals surface area contributed by atoms with Crippen LogP contribution < -0.4 is 5.32 Å². The predicted octanol–water partition coefficient (Wildman–Crippen LogP) is -0.269. The maximum atomic E-state index is 11.3. The van der Waals surface area contributed by atoms with E-state index in [1.54, 1.807) is 0 Å². The zero-order valence-electron chi connectivity index (χ0n) is 9.03. The minimum Gasteiger partial charge on any atom is -0.446 e. The molecule has 0 heterocycles. The van der Waals surface area contributed by atoms with E-state index in [4.69, 9.17) is 4.74 Å². The molecule has 0 aromatic rings. The number of nitrogens with one attached hydrogen (secondary N) is 1. The van der Waals surface area contributed by atoms with Crippen LogP contribution in [0.2, 0.25) is 0 Å². The topological polar surface area (TPSA) is 89.5 Å². The molecule has 0 aromatic carbocycles. The molecule has 1 amide bonds. The highest BCUT2D eigenvalue weighted by Gasteiger charge is 2.35. The van der Waals surface area contributed by atoms with Crippen molar-refractivity contribution in [3.8, 4) is 0 Å². The number of carbonyl (C=O) groups is 4. The second kappa shape index (κ2) is 6.48. The second-order valence-corrected chi connectivity index (χ2v) is 4.10. The SMILES string of the molecule is O=C(CBr)NCCC(=O)OC1C(=O)CCC1=O. The number of hydrogen-bond donors (Lipinski definition) is 1. The molecule has 6 nitrogen and oxygen atoms in total. The van der Waals surface area contributed by atoms with Gasteiger partial charge in [0.15, 0.2) is 11.6 Å². The van der Waals surface area contributed by atoms with Crippen LogP contribution in [-0.2, 0) is 23.9 Å². The van der Waals surface area contributed by atoms with E-state index >= 15 is 0 Å². The fourth-order valence-corrected chi connectivity index (χ4v) is 1.56. The molecule has 1 N–H and O–H groups in total. The number of amides is 1. The summed E-state index contributed by atoms with van der Waals surface area (Å²) in [6.07, 6.45) is -1.02. The summed E-state index contributed by atoms with van der Waals surface area (Å²) in [4.78, 5) is 44.4. The standard InChI is InChI=1S/C10H12BrNO5/c11-5-8(15)12-4-3-9(16)17-10-6(13)1-2-7(10)14/h10H,1-5H2,(H,12,15). The predicted molar refractivity (Wildman–Crippen MR) is 60.5 cm³/mol. The van der Waals surface area contributed by atoms with E-state index in [1.165, 1.54) is 0 Å². The first kappa shape index (κ1) is 13.8. The maximum Gasteiger partial charge on any atom is 0.308 e. The molecule has 0 aliphatic heterocycles. The van der Waals surface area contributed by atoms with E-state index in [0.717, 1.165) is 0 Å². The van der Waals surface area contributed by atoms with Crippen molar-refractivity contribution in [2.24, 2.45) is 0 Å². The normalized spacial score (nSPS) is 16.1. The van der Waals surface area contributed by atoms with Crippen LogP contribution in [0.5, 0.6) is 0 Å². The monoisotopic (exact) mass is 305 g/mol. The third kappa shape index (κ3) is 4.26. The highest BCUT2D eigenvalue weighted by atomic mass is 79.9. The van der Waals surface area contributed by atoms with Gasteiger partial charge in [0.25, 0.3) is 0 Å². The van der Waals surface area contributed by atoms with Gasteiger partial charge >= 0.3 is 5.97 Å². The Morgan fingerprint density at radius 1 is 1.29 bits per heavy atom. The minimum absolute atomic E-state index is 0.0597. The van der Waals surface area contributed by atoms with E-state index < -0.39 is 12.1 Å². The summed E-state index contributed by atoms with van der Waals surface area (Å²) < 4.78 is 4.75. The third-order valence-corrected chi connectivity index (χ3v) is 2.73. The summed E-state index contributed by atoms with van der Waals surface area (Å²) in [5.74, 6) is -1.61. The van der Waals surface area contributed by atoms with Gasteiger partial charge in [0, 0.05) is 19.4 Å². The van der Waals surface area contributed by atoms with Gasteiger partial charge < -0.3 is 10.1 Å². The molecule has 0 atom stereocenters. The van der Waals surface area contributed by atoms with Crippen LogP contribution >= 0.6 is 15.9 Å². The number of carbonyl (C=O) groups excluding carboxylic acids is 4. The largest absolute Gasteiger partial charge is 0.446 e. The van der Waals surface area contributed by atoms with Crippen LogP contribution in [0.1, 0.15) is 19.3 Å². The fourth-order valence-electron chi connectivity index (χ4n) is 1.36. The van der Waals surface area contributed by atoms with Crippen molar-refractivity contribution in [2.45, 2.75) is 25.4 Å². The maximum absolute atomic E-state index is 11.3. The average molecular weight is 306 g/mol. The summed E-state index contributed by atoms with van der Waals surface area (Å²) in [5.41, 5.74) is 0. The Morgan fingerprint density at radius 2 is 1.88 bits per heavy atom. The molecule has 0 saturated heterocycles. The van der Waals surface area contributed by atoms with Gasteiger partial charge in [-0.05, 0) is 0 Å². The van der Waals surface area contributed by atoms with E-state index in [-0.39, 0.29) is 48.6 Å². The molecule has 0 radical (unpaired) electrons. The fraction of sp³-hybridized carbons (Fsp3) is 0.600. The Hall–Kier alpha value is -1.24. The molecule has 1 saturated carbocycles. The zero-order chi connectivity index (χ0) is 12.8. The number of ketones is 2. The lowest BCUT2D eigenvalue weighted by atomic mass is 10.3. The van der Waals surface area contributed by atoms with Gasteiger partial charge in [-0.15, -0.1) is 0 Å². The third-order valence-electron chi connectivity index (χ3n) is 2.22. The molecule has 1 aliphatic carbocycles. The molecule has 1 aliphatic rings. The lowest BCUT2D eigenvalue weighted by Gasteiger charge is -2.09. The molecule has 94 valence electrons. The molecular weight excluding hydrogens is 294 g/mol. The molecule has 0 bridgehead atoms. The summed E-state index contributed by atoms with van der Waals surface area (Å²) in [7, 11) is 0. The lowest BCUT2D eigenvalue weighted by Crippen LogP contribution is -2.31. The van der Waals surface area contributed by atoms with Gasteiger partial charge in [-0.25, -0.2) is 0 Å². The van der Waals surface area contributed by atoms with Crippen LogP contribution in [0, 0.1) is 0 Å². The van der Waals surface area contributed by atoms with Crippen molar-refractivity contribution < 1.29 is 23.9 Å². The number of Topliss-reactive ketones (excluding diaryl/α,β-unsaturated/α-hetero) is 2. The summed E-state index contributed by atoms with van der Waals surface area (Å²) in [5, 5.41) is 2.61. The summed E-state index contributed by atoms with van der Waals surface area (Å²) >= 11 is 2.95. The second-order valence-electron chi connectivity index (χ2n) is 3.54. The van der Waals surface area contributed by atoms with E-state index in [9.17, 15) is 19.2 Å². The number of hydrogen-bond acceptors (Lipinski definition) is 5. The average Bonchev–Trinajstić information content (AvgIpc) is 2.60. The number of alkyl halides is 1. The molecule has 0 aromatic heterocycles. The van der Waals surface area contributed by atoms with Crippen molar-refractivity contribution in [3.05, 3.63) is 0 Å². The summed E-state index contributed by atoms with van der Waals surface area (Å²) in [6, 6.07) is 0. The highest BCUT2D eigenvalue weighted by Crippen LogP contribution is 2.14. The van der Waals surface area contributed by atoms with E-state index in [0.29, 0.717) is 0 Å². The van der Waals surface area contributed by atoms with Crippen LogP contribution in [0.4, 0.5) is 0 Å². The lowest BCUT2D eigenvalue weighted by molar-refractivity contribution is -0.157. The quantitative estimate of drug-likeness (QED) is 0.429. The van der Waals surface area contributed by atoms with Crippen molar-refractivity contribution >= 4 is 39.4 Å². The van der Waals surface area contributed by atoms with Gasteiger partial charge in [-0.2, -0.15) is 0 Å². The van der Waals surface area contributed by atoms with Gasteiger partial charge in [0.05, 0.1) is 11.8 Å². The van der Waals surface area contributed by atoms with Gasteiger partial charge in [-0.3, -0.25) is 19.2 Å².